The normalized spacial score (nSPS) is 11.0. The van der Waals surface area contributed by atoms with E-state index < -0.39 is 0 Å². The van der Waals surface area contributed by atoms with Crippen LogP contribution in [0.2, 0.25) is 0 Å². The van der Waals surface area contributed by atoms with Crippen molar-refractivity contribution < 1.29 is 0 Å². The number of aromatic nitrogens is 4. The van der Waals surface area contributed by atoms with Crippen molar-refractivity contribution >= 4 is 56.6 Å². The van der Waals surface area contributed by atoms with E-state index in [9.17, 15) is 4.79 Å². The van der Waals surface area contributed by atoms with Gasteiger partial charge in [0.25, 0.3) is 5.56 Å². The molecule has 0 saturated heterocycles. The zero-order valence-corrected chi connectivity index (χ0v) is 17.8. The molecular weight excluding hydrogens is 491 g/mol. The van der Waals surface area contributed by atoms with Crippen LogP contribution in [0.15, 0.2) is 70.3 Å². The second kappa shape index (κ2) is 7.91. The number of benzene rings is 2. The fraction of sp³-hybridized carbons (Fsp3) is 0.0526. The van der Waals surface area contributed by atoms with E-state index >= 15 is 0 Å². The molecular formula is C19H13IN4OS2. The van der Waals surface area contributed by atoms with E-state index in [4.69, 9.17) is 4.98 Å². The summed E-state index contributed by atoms with van der Waals surface area (Å²) in [6, 6.07) is 15.3. The topological polar surface area (TPSA) is 60.7 Å². The Bertz CT molecular complexity index is 1190. The summed E-state index contributed by atoms with van der Waals surface area (Å²) >= 11 is 5.11. The fourth-order valence-corrected chi connectivity index (χ4v) is 4.69. The summed E-state index contributed by atoms with van der Waals surface area (Å²) in [7, 11) is 0. The first kappa shape index (κ1) is 18.3. The molecule has 0 fully saturated rings. The molecule has 2 aromatic carbocycles. The molecule has 8 heteroatoms. The van der Waals surface area contributed by atoms with Crippen molar-refractivity contribution in [3.8, 4) is 16.5 Å². The lowest BCUT2D eigenvalue weighted by atomic mass is 10.2. The lowest BCUT2D eigenvalue weighted by molar-refractivity contribution is 0.903. The zero-order valence-electron chi connectivity index (χ0n) is 14.0. The number of halogens is 1. The van der Waals surface area contributed by atoms with Gasteiger partial charge in [0.2, 0.25) is 5.13 Å². The minimum absolute atomic E-state index is 0.145. The van der Waals surface area contributed by atoms with Crippen molar-refractivity contribution in [1.29, 1.82) is 0 Å². The van der Waals surface area contributed by atoms with E-state index in [-0.39, 0.29) is 5.56 Å². The Morgan fingerprint density at radius 2 is 2.00 bits per heavy atom. The number of nitrogens with zero attached hydrogens (tertiary/aromatic N) is 4. The predicted octanol–water partition coefficient (Wildman–Crippen LogP) is 4.79. The molecule has 0 N–H and O–H groups in total. The highest BCUT2D eigenvalue weighted by Crippen LogP contribution is 2.28. The van der Waals surface area contributed by atoms with E-state index in [0.29, 0.717) is 21.9 Å². The van der Waals surface area contributed by atoms with Crippen LogP contribution in [0.5, 0.6) is 0 Å². The molecule has 0 spiro atoms. The van der Waals surface area contributed by atoms with Gasteiger partial charge in [0.05, 0.1) is 10.9 Å². The Balaban J connectivity index is 1.99. The van der Waals surface area contributed by atoms with Gasteiger partial charge in [-0.25, -0.2) is 9.55 Å². The number of hydrogen-bond donors (Lipinski definition) is 0. The van der Waals surface area contributed by atoms with E-state index in [0.717, 1.165) is 19.2 Å². The lowest BCUT2D eigenvalue weighted by Crippen LogP contribution is -2.22. The summed E-state index contributed by atoms with van der Waals surface area (Å²) in [4.78, 5) is 18.1. The fourth-order valence-electron chi connectivity index (χ4n) is 2.60. The molecule has 0 radical (unpaired) electrons. The number of rotatable bonds is 5. The van der Waals surface area contributed by atoms with Crippen molar-refractivity contribution in [1.82, 2.24) is 19.7 Å². The third-order valence-electron chi connectivity index (χ3n) is 3.77. The molecule has 0 atom stereocenters. The maximum atomic E-state index is 13.3. The van der Waals surface area contributed by atoms with Gasteiger partial charge in [-0.2, -0.15) is 0 Å². The predicted molar refractivity (Wildman–Crippen MR) is 120 cm³/mol. The molecule has 2 aromatic heterocycles. The average molecular weight is 504 g/mol. The van der Waals surface area contributed by atoms with Gasteiger partial charge in [0, 0.05) is 14.9 Å². The Kier molecular flexibility index (Phi) is 5.37. The summed E-state index contributed by atoms with van der Waals surface area (Å²) in [5, 5.41) is 9.53. The van der Waals surface area contributed by atoms with E-state index in [1.54, 1.807) is 4.57 Å². The third kappa shape index (κ3) is 3.69. The Hall–Kier alpha value is -2.04. The van der Waals surface area contributed by atoms with Crippen LogP contribution in [0.4, 0.5) is 0 Å². The van der Waals surface area contributed by atoms with Crippen molar-refractivity contribution in [2.24, 2.45) is 0 Å². The third-order valence-corrected chi connectivity index (χ3v) is 6.48. The zero-order chi connectivity index (χ0) is 18.8. The molecule has 4 rings (SSSR count). The Morgan fingerprint density at radius 1 is 1.19 bits per heavy atom. The number of hydrogen-bond acceptors (Lipinski definition) is 6. The van der Waals surface area contributed by atoms with Gasteiger partial charge in [0.1, 0.15) is 5.82 Å². The van der Waals surface area contributed by atoms with Gasteiger partial charge >= 0.3 is 0 Å². The van der Waals surface area contributed by atoms with Crippen LogP contribution in [-0.2, 0) is 0 Å². The Morgan fingerprint density at radius 3 is 2.78 bits per heavy atom. The smallest absolute Gasteiger partial charge is 0.268 e. The van der Waals surface area contributed by atoms with Crippen LogP contribution in [-0.4, -0.2) is 25.5 Å². The molecule has 0 aliphatic carbocycles. The molecule has 4 aromatic rings. The molecule has 5 nitrogen and oxygen atoms in total. The standard InChI is InChI=1S/C19H13IN4OS2/c1-2-10-26-19-23-22-18(27-19)24-16(12-6-4-3-5-7-12)21-15-9-8-13(20)11-14(15)17(24)25/h2-9,11H,1,10H2. The van der Waals surface area contributed by atoms with Crippen LogP contribution in [0, 0.1) is 3.57 Å². The maximum absolute atomic E-state index is 13.3. The van der Waals surface area contributed by atoms with E-state index in [1.807, 2.05) is 54.6 Å². The minimum atomic E-state index is -0.145. The second-order valence-electron chi connectivity index (χ2n) is 5.55. The summed E-state index contributed by atoms with van der Waals surface area (Å²) < 4.78 is 3.33. The van der Waals surface area contributed by atoms with Gasteiger partial charge in [-0.05, 0) is 40.8 Å². The highest BCUT2D eigenvalue weighted by Gasteiger charge is 2.18. The second-order valence-corrected chi connectivity index (χ2v) is 9.02. The first-order valence-corrected chi connectivity index (χ1v) is 10.9. The molecule has 27 heavy (non-hydrogen) atoms. The van der Waals surface area contributed by atoms with Gasteiger partial charge in [-0.1, -0.05) is 59.5 Å². The van der Waals surface area contributed by atoms with Crippen LogP contribution in [0.25, 0.3) is 27.4 Å². The van der Waals surface area contributed by atoms with E-state index in [1.165, 1.54) is 23.1 Å². The first-order valence-electron chi connectivity index (χ1n) is 8.02. The summed E-state index contributed by atoms with van der Waals surface area (Å²) in [5.74, 6) is 1.30. The molecule has 0 bridgehead atoms. The van der Waals surface area contributed by atoms with Crippen LogP contribution >= 0.6 is 45.7 Å². The maximum Gasteiger partial charge on any atom is 0.268 e. The monoisotopic (exact) mass is 504 g/mol. The SMILES string of the molecule is C=CCSc1nnc(-n2c(-c3ccccc3)nc3ccc(I)cc3c2=O)s1. The number of thioether (sulfide) groups is 1. The largest absolute Gasteiger partial charge is 0.268 e. The Labute approximate surface area is 177 Å². The van der Waals surface area contributed by atoms with Crippen molar-refractivity contribution in [2.75, 3.05) is 5.75 Å². The van der Waals surface area contributed by atoms with E-state index in [2.05, 4.69) is 39.4 Å². The highest BCUT2D eigenvalue weighted by molar-refractivity contribution is 14.1. The highest BCUT2D eigenvalue weighted by atomic mass is 127. The first-order chi connectivity index (χ1) is 13.2. The van der Waals surface area contributed by atoms with Gasteiger partial charge in [-0.15, -0.1) is 16.8 Å². The summed E-state index contributed by atoms with van der Waals surface area (Å²) in [5.41, 5.74) is 1.38. The summed E-state index contributed by atoms with van der Waals surface area (Å²) in [6.45, 7) is 3.72. The van der Waals surface area contributed by atoms with Crippen LogP contribution in [0.1, 0.15) is 0 Å². The molecule has 0 amide bonds. The molecule has 0 aliphatic rings. The molecule has 0 aliphatic heterocycles. The van der Waals surface area contributed by atoms with Gasteiger partial charge in [-0.3, -0.25) is 4.79 Å². The van der Waals surface area contributed by atoms with Gasteiger partial charge in [0.15, 0.2) is 4.34 Å². The minimum Gasteiger partial charge on any atom is -0.268 e. The van der Waals surface area contributed by atoms with Crippen molar-refractivity contribution in [3.63, 3.8) is 0 Å². The lowest BCUT2D eigenvalue weighted by Gasteiger charge is -2.11. The molecule has 134 valence electrons. The van der Waals surface area contributed by atoms with Crippen LogP contribution in [0.3, 0.4) is 0 Å². The summed E-state index contributed by atoms with van der Waals surface area (Å²) in [6.07, 6.45) is 1.81. The number of fused-ring (bicyclic) bond motifs is 1. The van der Waals surface area contributed by atoms with Gasteiger partial charge < -0.3 is 0 Å². The van der Waals surface area contributed by atoms with Crippen LogP contribution < -0.4 is 5.56 Å². The average Bonchev–Trinajstić information content (AvgIpc) is 3.16. The quantitative estimate of drug-likeness (QED) is 0.222. The van der Waals surface area contributed by atoms with Crippen molar-refractivity contribution in [3.05, 3.63) is 75.1 Å². The van der Waals surface area contributed by atoms with Crippen molar-refractivity contribution in [2.45, 2.75) is 4.34 Å². The molecule has 2 heterocycles. The molecule has 0 saturated carbocycles. The molecule has 0 unspecified atom stereocenters.